The van der Waals surface area contributed by atoms with Gasteiger partial charge in [0, 0.05) is 55.2 Å². The van der Waals surface area contributed by atoms with Crippen LogP contribution in [0.3, 0.4) is 0 Å². The van der Waals surface area contributed by atoms with Gasteiger partial charge in [0.15, 0.2) is 5.82 Å². The van der Waals surface area contributed by atoms with Gasteiger partial charge in [0.05, 0.1) is 28.5 Å². The van der Waals surface area contributed by atoms with Gasteiger partial charge in [0.1, 0.15) is 11.6 Å². The minimum atomic E-state index is 0.474. The molecule has 3 aromatic heterocycles. The van der Waals surface area contributed by atoms with E-state index in [1.54, 1.807) is 12.4 Å². The van der Waals surface area contributed by atoms with Crippen molar-refractivity contribution in [2.24, 2.45) is 0 Å². The molecule has 7 heteroatoms. The number of pyridine rings is 2. The average Bonchev–Trinajstić information content (AvgIpc) is 3.33. The Morgan fingerprint density at radius 3 is 2.56 bits per heavy atom. The molecule has 0 aliphatic carbocycles. The van der Waals surface area contributed by atoms with Crippen molar-refractivity contribution in [2.45, 2.75) is 0 Å². The number of aromatic nitrogens is 4. The monoisotopic (exact) mass is 469 g/mol. The third-order valence-electron chi connectivity index (χ3n) is 6.81. The molecule has 174 valence electrons. The fourth-order valence-electron chi connectivity index (χ4n) is 4.89. The molecule has 1 aliphatic rings. The summed E-state index contributed by atoms with van der Waals surface area (Å²) in [5.74, 6) is 3.20. The number of piperazine rings is 1. The summed E-state index contributed by atoms with van der Waals surface area (Å²) < 4.78 is 1.96. The Hall–Kier alpha value is -4.72. The first-order valence-electron chi connectivity index (χ1n) is 11.8. The van der Waals surface area contributed by atoms with E-state index in [1.807, 2.05) is 53.2 Å². The molecular formula is C29H23N7. The molecule has 36 heavy (non-hydrogen) atoms. The van der Waals surface area contributed by atoms with E-state index in [1.165, 1.54) is 0 Å². The van der Waals surface area contributed by atoms with Crippen LogP contribution in [0, 0.1) is 23.7 Å². The van der Waals surface area contributed by atoms with Gasteiger partial charge in [-0.05, 0) is 54.9 Å². The molecule has 2 aromatic carbocycles. The van der Waals surface area contributed by atoms with Crippen LogP contribution in [0.25, 0.3) is 38.8 Å². The smallest absolute Gasteiger partial charge is 0.190 e. The maximum absolute atomic E-state index is 10.0. The molecule has 6 rings (SSSR count). The molecule has 0 bridgehead atoms. The molecule has 4 heterocycles. The van der Waals surface area contributed by atoms with Crippen molar-refractivity contribution in [1.29, 1.82) is 5.26 Å². The minimum Gasteiger partial charge on any atom is -0.368 e. The third-order valence-corrected chi connectivity index (χ3v) is 6.81. The Kier molecular flexibility index (Phi) is 5.33. The van der Waals surface area contributed by atoms with Crippen molar-refractivity contribution in [2.75, 3.05) is 38.1 Å². The first kappa shape index (κ1) is 21.8. The minimum absolute atomic E-state index is 0.474. The van der Waals surface area contributed by atoms with Crippen molar-refractivity contribution in [3.05, 3.63) is 78.5 Å². The zero-order valence-electron chi connectivity index (χ0n) is 19.9. The number of nitrogens with zero attached hydrogens (tertiary/aromatic N) is 7. The summed E-state index contributed by atoms with van der Waals surface area (Å²) in [4.78, 5) is 18.1. The second-order valence-electron chi connectivity index (χ2n) is 8.98. The number of nitriles is 1. The lowest BCUT2D eigenvalue weighted by Crippen LogP contribution is -2.44. The molecule has 5 aromatic rings. The summed E-state index contributed by atoms with van der Waals surface area (Å²) >= 11 is 0. The number of hydrogen-bond acceptors (Lipinski definition) is 6. The van der Waals surface area contributed by atoms with Crippen LogP contribution in [0.4, 0.5) is 5.69 Å². The van der Waals surface area contributed by atoms with Crippen LogP contribution in [0.15, 0.2) is 67.1 Å². The summed E-state index contributed by atoms with van der Waals surface area (Å²) in [5, 5.41) is 11.0. The normalized spacial score (nSPS) is 14.1. The van der Waals surface area contributed by atoms with Crippen LogP contribution >= 0.6 is 0 Å². The van der Waals surface area contributed by atoms with Crippen LogP contribution in [0.2, 0.25) is 0 Å². The van der Waals surface area contributed by atoms with Gasteiger partial charge in [-0.2, -0.15) is 5.26 Å². The van der Waals surface area contributed by atoms with Gasteiger partial charge in [-0.3, -0.25) is 14.5 Å². The Bertz CT molecular complexity index is 1680. The summed E-state index contributed by atoms with van der Waals surface area (Å²) in [6, 6.07) is 18.4. The van der Waals surface area contributed by atoms with E-state index in [2.05, 4.69) is 49.9 Å². The molecule has 7 nitrogen and oxygen atoms in total. The molecule has 0 radical (unpaired) electrons. The van der Waals surface area contributed by atoms with E-state index in [4.69, 9.17) is 6.42 Å². The number of rotatable bonds is 3. The highest BCUT2D eigenvalue weighted by Crippen LogP contribution is 2.32. The molecule has 0 saturated carbocycles. The molecule has 1 saturated heterocycles. The summed E-state index contributed by atoms with van der Waals surface area (Å²) in [6.07, 6.45) is 11.3. The second kappa shape index (κ2) is 8.81. The lowest BCUT2D eigenvalue weighted by Gasteiger charge is -2.34. The van der Waals surface area contributed by atoms with E-state index < -0.39 is 0 Å². The van der Waals surface area contributed by atoms with Crippen LogP contribution in [-0.4, -0.2) is 57.6 Å². The fourth-order valence-corrected chi connectivity index (χ4v) is 4.89. The van der Waals surface area contributed by atoms with Gasteiger partial charge in [-0.25, -0.2) is 4.98 Å². The number of terminal acetylenes is 1. The van der Waals surface area contributed by atoms with Crippen molar-refractivity contribution < 1.29 is 0 Å². The topological polar surface area (TPSA) is 73.9 Å². The van der Waals surface area contributed by atoms with E-state index in [0.717, 1.165) is 65.1 Å². The largest absolute Gasteiger partial charge is 0.368 e. The Labute approximate surface area is 209 Å². The number of benzene rings is 2. The van der Waals surface area contributed by atoms with Crippen LogP contribution in [0.1, 0.15) is 11.4 Å². The van der Waals surface area contributed by atoms with Crippen molar-refractivity contribution in [3.63, 3.8) is 0 Å². The standard InChI is InChI=1S/C29H23N7/c1-3-28-33-26-19-32-25-8-6-20(21-5-4-10-31-18-21)16-24(25)29(26)36(28)23-7-9-27(22(15-23)17-30)35-13-11-34(2)12-14-35/h1,4-10,15-16,18-19H,11-14H2,2H3. The predicted molar refractivity (Wildman–Crippen MR) is 142 cm³/mol. The number of anilines is 1. The maximum Gasteiger partial charge on any atom is 0.190 e. The number of imidazole rings is 1. The summed E-state index contributed by atoms with van der Waals surface area (Å²) in [7, 11) is 2.12. The van der Waals surface area contributed by atoms with Gasteiger partial charge in [-0.1, -0.05) is 12.1 Å². The predicted octanol–water partition coefficient (Wildman–Crippen LogP) is 4.24. The van der Waals surface area contributed by atoms with E-state index in [-0.39, 0.29) is 0 Å². The molecule has 0 unspecified atom stereocenters. The highest BCUT2D eigenvalue weighted by Gasteiger charge is 2.20. The van der Waals surface area contributed by atoms with Crippen molar-refractivity contribution >= 4 is 27.6 Å². The molecule has 0 spiro atoms. The van der Waals surface area contributed by atoms with Crippen LogP contribution < -0.4 is 4.90 Å². The van der Waals surface area contributed by atoms with Crippen molar-refractivity contribution in [3.8, 4) is 35.2 Å². The molecular weight excluding hydrogens is 446 g/mol. The third kappa shape index (κ3) is 3.63. The Morgan fingerprint density at radius 2 is 1.81 bits per heavy atom. The van der Waals surface area contributed by atoms with Gasteiger partial charge < -0.3 is 9.80 Å². The lowest BCUT2D eigenvalue weighted by atomic mass is 10.0. The van der Waals surface area contributed by atoms with Gasteiger partial charge in [-0.15, -0.1) is 6.42 Å². The SMILES string of the molecule is C#Cc1nc2cnc3ccc(-c4cccnc4)cc3c2n1-c1ccc(N2CCN(C)CC2)c(C#N)c1. The van der Waals surface area contributed by atoms with E-state index in [9.17, 15) is 5.26 Å². The molecule has 1 fully saturated rings. The van der Waals surface area contributed by atoms with Crippen LogP contribution in [0.5, 0.6) is 0 Å². The summed E-state index contributed by atoms with van der Waals surface area (Å²) in [6.45, 7) is 3.72. The number of fused-ring (bicyclic) bond motifs is 3. The van der Waals surface area contributed by atoms with Gasteiger partial charge >= 0.3 is 0 Å². The second-order valence-corrected chi connectivity index (χ2v) is 8.98. The molecule has 0 atom stereocenters. The first-order valence-corrected chi connectivity index (χ1v) is 11.8. The van der Waals surface area contributed by atoms with Gasteiger partial charge in [0.2, 0.25) is 0 Å². The fraction of sp³-hybridized carbons (Fsp3) is 0.172. The number of hydrogen-bond donors (Lipinski definition) is 0. The van der Waals surface area contributed by atoms with Crippen molar-refractivity contribution in [1.82, 2.24) is 24.4 Å². The maximum atomic E-state index is 10.0. The van der Waals surface area contributed by atoms with Crippen LogP contribution in [-0.2, 0) is 0 Å². The highest BCUT2D eigenvalue weighted by atomic mass is 15.2. The number of likely N-dealkylation sites (N-methyl/N-ethyl adjacent to an activating group) is 1. The van der Waals surface area contributed by atoms with E-state index >= 15 is 0 Å². The quantitative estimate of drug-likeness (QED) is 0.368. The Balaban J connectivity index is 1.55. The van der Waals surface area contributed by atoms with Gasteiger partial charge in [0.25, 0.3) is 0 Å². The first-order chi connectivity index (χ1) is 17.7. The average molecular weight is 470 g/mol. The Morgan fingerprint density at radius 1 is 0.944 bits per heavy atom. The molecule has 0 N–H and O–H groups in total. The summed E-state index contributed by atoms with van der Waals surface area (Å²) in [5.41, 5.74) is 6.85. The molecule has 0 amide bonds. The highest BCUT2D eigenvalue weighted by molar-refractivity contribution is 6.05. The van der Waals surface area contributed by atoms with E-state index in [0.29, 0.717) is 16.9 Å². The lowest BCUT2D eigenvalue weighted by molar-refractivity contribution is 0.313. The zero-order valence-corrected chi connectivity index (χ0v) is 19.9. The zero-order chi connectivity index (χ0) is 24.6. The molecule has 1 aliphatic heterocycles.